The second kappa shape index (κ2) is 22.4. The number of hydrogen-bond acceptors (Lipinski definition) is 0. The maximum absolute atomic E-state index is 2.44. The molecule has 0 bridgehead atoms. The molecule has 0 unspecified atom stereocenters. The highest BCUT2D eigenvalue weighted by Gasteiger charge is 2.34. The third-order valence-electron chi connectivity index (χ3n) is 5.91. The van der Waals surface area contributed by atoms with E-state index in [1.807, 2.05) is 0 Å². The molecule has 0 aliphatic rings. The predicted molar refractivity (Wildman–Crippen MR) is 123 cm³/mol. The highest BCUT2D eigenvalue weighted by Crippen LogP contribution is 2.61. The van der Waals surface area contributed by atoms with Crippen molar-refractivity contribution in [3.63, 3.8) is 0 Å². The zero-order chi connectivity index (χ0) is 18.6. The molecule has 0 fully saturated rings. The first kappa shape index (κ1) is 29.4. The van der Waals surface area contributed by atoms with Crippen LogP contribution in [0.3, 0.4) is 0 Å². The van der Waals surface area contributed by atoms with Crippen molar-refractivity contribution in [3.8, 4) is 0 Å². The van der Waals surface area contributed by atoms with Crippen LogP contribution in [0, 0.1) is 0 Å². The van der Waals surface area contributed by atoms with Gasteiger partial charge in [-0.15, -0.1) is 0 Å². The molecule has 0 atom stereocenters. The van der Waals surface area contributed by atoms with Crippen LogP contribution in [-0.4, -0.2) is 24.6 Å². The van der Waals surface area contributed by atoms with Crippen LogP contribution >= 0.6 is 7.26 Å². The lowest BCUT2D eigenvalue weighted by molar-refractivity contribution is -0.00000581. The van der Waals surface area contributed by atoms with E-state index in [2.05, 4.69) is 27.7 Å². The van der Waals surface area contributed by atoms with Crippen molar-refractivity contribution in [1.82, 2.24) is 0 Å². The van der Waals surface area contributed by atoms with Gasteiger partial charge in [0.15, 0.2) is 0 Å². The molecule has 0 saturated heterocycles. The minimum Gasteiger partial charge on any atom is -1.00 e. The molecule has 0 spiro atoms. The normalized spacial score (nSPS) is 11.5. The SMILES string of the molecule is CCCCCCC[P+](CCC)(CCCCCCC)CCCCCCC.[I-]. The zero-order valence-electron chi connectivity index (χ0n) is 19.0. The van der Waals surface area contributed by atoms with Crippen molar-refractivity contribution in [2.75, 3.05) is 24.6 Å². The Balaban J connectivity index is 0. The Morgan fingerprint density at radius 2 is 0.654 bits per heavy atom. The molecule has 0 aromatic heterocycles. The van der Waals surface area contributed by atoms with Gasteiger partial charge in [0.05, 0.1) is 24.6 Å². The summed E-state index contributed by atoms with van der Waals surface area (Å²) in [5.74, 6) is 0. The summed E-state index contributed by atoms with van der Waals surface area (Å²) >= 11 is 0. The molecule has 0 saturated carbocycles. The van der Waals surface area contributed by atoms with Crippen molar-refractivity contribution >= 4 is 7.26 Å². The maximum atomic E-state index is 2.44. The van der Waals surface area contributed by atoms with E-state index in [4.69, 9.17) is 0 Å². The summed E-state index contributed by atoms with van der Waals surface area (Å²) in [5, 5.41) is 0. The van der Waals surface area contributed by atoms with Crippen molar-refractivity contribution in [1.29, 1.82) is 0 Å². The summed E-state index contributed by atoms with van der Waals surface area (Å²) < 4.78 is 0. The molecule has 0 aromatic rings. The molecule has 0 aliphatic heterocycles. The van der Waals surface area contributed by atoms with Crippen LogP contribution in [0.2, 0.25) is 0 Å². The summed E-state index contributed by atoms with van der Waals surface area (Å²) in [4.78, 5) is 0. The van der Waals surface area contributed by atoms with E-state index >= 15 is 0 Å². The smallest absolute Gasteiger partial charge is 0.0594 e. The third kappa shape index (κ3) is 17.3. The highest BCUT2D eigenvalue weighted by molar-refractivity contribution is 7.75. The van der Waals surface area contributed by atoms with Crippen molar-refractivity contribution in [3.05, 3.63) is 0 Å². The van der Waals surface area contributed by atoms with Gasteiger partial charge < -0.3 is 24.0 Å². The molecule has 160 valence electrons. The summed E-state index contributed by atoms with van der Waals surface area (Å²) in [6, 6.07) is 0. The van der Waals surface area contributed by atoms with Gasteiger partial charge >= 0.3 is 0 Å². The van der Waals surface area contributed by atoms with E-state index in [0.717, 1.165) is 0 Å². The Morgan fingerprint density at radius 3 is 0.923 bits per heavy atom. The summed E-state index contributed by atoms with van der Waals surface area (Å²) in [5.41, 5.74) is 0. The number of hydrogen-bond donors (Lipinski definition) is 0. The van der Waals surface area contributed by atoms with Gasteiger partial charge in [-0.25, -0.2) is 0 Å². The Morgan fingerprint density at radius 1 is 0.346 bits per heavy atom. The average molecular weight is 499 g/mol. The molecule has 26 heavy (non-hydrogen) atoms. The van der Waals surface area contributed by atoms with Crippen molar-refractivity contribution in [2.24, 2.45) is 0 Å². The van der Waals surface area contributed by atoms with Gasteiger partial charge in [-0.2, -0.15) is 0 Å². The first-order valence-electron chi connectivity index (χ1n) is 12.1. The second-order valence-electron chi connectivity index (χ2n) is 8.48. The fourth-order valence-electron chi connectivity index (χ4n) is 4.30. The first-order chi connectivity index (χ1) is 12.2. The fraction of sp³-hybridized carbons (Fsp3) is 1.00. The first-order valence-corrected chi connectivity index (χ1v) is 14.6. The van der Waals surface area contributed by atoms with Gasteiger partial charge in [-0.1, -0.05) is 85.5 Å². The molecular weight excluding hydrogens is 446 g/mol. The largest absolute Gasteiger partial charge is 1.00 e. The van der Waals surface area contributed by atoms with Gasteiger partial charge in [0.1, 0.15) is 0 Å². The summed E-state index contributed by atoms with van der Waals surface area (Å²) in [7, 11) is -0.642. The molecule has 0 heterocycles. The fourth-order valence-corrected chi connectivity index (χ4v) is 9.27. The van der Waals surface area contributed by atoms with Gasteiger partial charge in [-0.3, -0.25) is 0 Å². The van der Waals surface area contributed by atoms with Crippen LogP contribution in [0.5, 0.6) is 0 Å². The zero-order valence-corrected chi connectivity index (χ0v) is 22.0. The van der Waals surface area contributed by atoms with Gasteiger partial charge in [0, 0.05) is 7.26 Å². The third-order valence-corrected chi connectivity index (χ3v) is 11.1. The predicted octanol–water partition coefficient (Wildman–Crippen LogP) is 6.33. The summed E-state index contributed by atoms with van der Waals surface area (Å²) in [6.07, 6.45) is 30.0. The van der Waals surface area contributed by atoms with Crippen LogP contribution in [-0.2, 0) is 0 Å². The molecule has 0 aromatic carbocycles. The van der Waals surface area contributed by atoms with Gasteiger partial charge in [0.2, 0.25) is 0 Å². The quantitative estimate of drug-likeness (QED) is 0.105. The molecule has 0 nitrogen and oxygen atoms in total. The molecule has 0 amide bonds. The van der Waals surface area contributed by atoms with E-state index in [1.165, 1.54) is 103 Å². The maximum Gasteiger partial charge on any atom is 0.0594 e. The van der Waals surface area contributed by atoms with E-state index < -0.39 is 7.26 Å². The topological polar surface area (TPSA) is 0 Å². The van der Waals surface area contributed by atoms with Gasteiger partial charge in [0.25, 0.3) is 0 Å². The standard InChI is InChI=1S/C24H52P.HI/c1-5-9-12-15-18-22-25(21-8-4,23-19-16-13-10-6-2)24-20-17-14-11-7-3;/h5-24H2,1-4H3;1H/q+1;/p-1. The lowest BCUT2D eigenvalue weighted by Gasteiger charge is -2.28. The Bertz CT molecular complexity index is 219. The monoisotopic (exact) mass is 498 g/mol. The molecule has 0 N–H and O–H groups in total. The Kier molecular flexibility index (Phi) is 25.4. The molecule has 0 radical (unpaired) electrons. The van der Waals surface area contributed by atoms with Crippen LogP contribution in [0.25, 0.3) is 0 Å². The van der Waals surface area contributed by atoms with Gasteiger partial charge in [-0.05, 0) is 44.9 Å². The van der Waals surface area contributed by atoms with Crippen LogP contribution in [0.4, 0.5) is 0 Å². The minimum atomic E-state index is -0.642. The van der Waals surface area contributed by atoms with Crippen molar-refractivity contribution in [2.45, 2.75) is 130 Å². The minimum absolute atomic E-state index is 0. The number of halogens is 1. The van der Waals surface area contributed by atoms with Crippen molar-refractivity contribution < 1.29 is 24.0 Å². The lowest BCUT2D eigenvalue weighted by Crippen LogP contribution is -3.00. The second-order valence-corrected chi connectivity index (χ2v) is 13.0. The molecular formula is C24H52IP. The molecule has 0 aliphatic carbocycles. The highest BCUT2D eigenvalue weighted by atomic mass is 127. The number of unbranched alkanes of at least 4 members (excludes halogenated alkanes) is 12. The van der Waals surface area contributed by atoms with E-state index in [0.29, 0.717) is 0 Å². The number of rotatable bonds is 20. The lowest BCUT2D eigenvalue weighted by atomic mass is 10.2. The average Bonchev–Trinajstić information content (AvgIpc) is 2.61. The van der Waals surface area contributed by atoms with E-state index in [9.17, 15) is 0 Å². The summed E-state index contributed by atoms with van der Waals surface area (Å²) in [6.45, 7) is 9.45. The van der Waals surface area contributed by atoms with E-state index in [1.54, 1.807) is 24.6 Å². The van der Waals surface area contributed by atoms with Crippen LogP contribution in [0.15, 0.2) is 0 Å². The molecule has 0 rings (SSSR count). The molecule has 2 heteroatoms. The Hall–Kier alpha value is 1.16. The van der Waals surface area contributed by atoms with Crippen LogP contribution < -0.4 is 24.0 Å². The Labute approximate surface area is 185 Å². The van der Waals surface area contributed by atoms with E-state index in [-0.39, 0.29) is 24.0 Å². The van der Waals surface area contributed by atoms with Crippen LogP contribution in [0.1, 0.15) is 130 Å².